The van der Waals surface area contributed by atoms with Crippen LogP contribution in [0.25, 0.3) is 6.08 Å². The molecule has 9 heteroatoms. The van der Waals surface area contributed by atoms with Gasteiger partial charge in [-0.25, -0.2) is 9.79 Å². The van der Waals surface area contributed by atoms with Crippen LogP contribution in [0.1, 0.15) is 18.1 Å². The molecule has 0 unspecified atom stereocenters. The predicted octanol–water partition coefficient (Wildman–Crippen LogP) is 3.89. The van der Waals surface area contributed by atoms with Gasteiger partial charge in [-0.05, 0) is 36.4 Å². The van der Waals surface area contributed by atoms with Gasteiger partial charge < -0.3 is 14.8 Å². The van der Waals surface area contributed by atoms with Crippen molar-refractivity contribution in [2.75, 3.05) is 5.32 Å². The van der Waals surface area contributed by atoms with E-state index >= 15 is 0 Å². The topological polar surface area (TPSA) is 77.0 Å². The van der Waals surface area contributed by atoms with Crippen molar-refractivity contribution >= 4 is 29.5 Å². The number of cyclic esters (lactones) is 1. The number of ether oxygens (including phenoxy) is 2. The maximum absolute atomic E-state index is 12.5. The Morgan fingerprint density at radius 3 is 2.46 bits per heavy atom. The lowest BCUT2D eigenvalue weighted by molar-refractivity contribution is -0.274. The zero-order valence-corrected chi connectivity index (χ0v) is 14.4. The molecule has 0 saturated carbocycles. The molecule has 1 N–H and O–H groups in total. The normalized spacial score (nSPS) is 15.2. The number of carbonyl (C=O) groups is 2. The summed E-state index contributed by atoms with van der Waals surface area (Å²) in [7, 11) is 0. The first-order valence-corrected chi connectivity index (χ1v) is 7.96. The van der Waals surface area contributed by atoms with Crippen LogP contribution in [0.4, 0.5) is 18.9 Å². The van der Waals surface area contributed by atoms with Gasteiger partial charge in [-0.1, -0.05) is 18.2 Å². The quantitative estimate of drug-likeness (QED) is 0.635. The molecule has 2 aromatic carbocycles. The maximum atomic E-state index is 12.5. The van der Waals surface area contributed by atoms with Gasteiger partial charge in [-0.2, -0.15) is 0 Å². The minimum atomic E-state index is -4.87. The van der Waals surface area contributed by atoms with E-state index in [0.29, 0.717) is 11.3 Å². The zero-order chi connectivity index (χ0) is 20.3. The molecule has 144 valence electrons. The van der Waals surface area contributed by atoms with Crippen molar-refractivity contribution in [3.05, 3.63) is 65.4 Å². The van der Waals surface area contributed by atoms with E-state index in [-0.39, 0.29) is 23.1 Å². The van der Waals surface area contributed by atoms with Gasteiger partial charge in [0.2, 0.25) is 11.8 Å². The third-order valence-electron chi connectivity index (χ3n) is 3.51. The standard InChI is InChI=1S/C19H13F3N2O4/c1-11(25)23-14-8-6-12(7-9-14)17-24-15(18(26)27-17)10-13-4-2-3-5-16(13)28-19(20,21)22/h2-10H,1H3,(H,23,25)/b15-10-. The molecule has 0 aliphatic carbocycles. The monoisotopic (exact) mass is 390 g/mol. The highest BCUT2D eigenvalue weighted by molar-refractivity contribution is 6.13. The van der Waals surface area contributed by atoms with Gasteiger partial charge in [-0.15, -0.1) is 13.2 Å². The summed E-state index contributed by atoms with van der Waals surface area (Å²) in [4.78, 5) is 27.1. The van der Waals surface area contributed by atoms with Crippen LogP contribution >= 0.6 is 0 Å². The molecule has 0 fully saturated rings. The van der Waals surface area contributed by atoms with Crippen LogP contribution in [-0.2, 0) is 14.3 Å². The van der Waals surface area contributed by atoms with Gasteiger partial charge >= 0.3 is 12.3 Å². The average Bonchev–Trinajstić information content (AvgIpc) is 2.96. The Morgan fingerprint density at radius 1 is 1.14 bits per heavy atom. The van der Waals surface area contributed by atoms with E-state index in [4.69, 9.17) is 4.74 Å². The van der Waals surface area contributed by atoms with Crippen molar-refractivity contribution in [3.8, 4) is 5.75 Å². The number of nitrogens with one attached hydrogen (secondary N) is 1. The number of amides is 1. The predicted molar refractivity (Wildman–Crippen MR) is 94.5 cm³/mol. The number of aliphatic imine (C=N–C) groups is 1. The van der Waals surface area contributed by atoms with Crippen LogP contribution in [0.2, 0.25) is 0 Å². The number of nitrogens with zero attached hydrogens (tertiary/aromatic N) is 1. The Hall–Kier alpha value is -3.62. The van der Waals surface area contributed by atoms with Gasteiger partial charge in [0.05, 0.1) is 0 Å². The number of benzene rings is 2. The fraction of sp³-hybridized carbons (Fsp3) is 0.105. The molecule has 0 aromatic heterocycles. The summed E-state index contributed by atoms with van der Waals surface area (Å²) in [5.74, 6) is -1.50. The summed E-state index contributed by atoms with van der Waals surface area (Å²) in [5, 5.41) is 2.59. The molecule has 1 aliphatic heterocycles. The SMILES string of the molecule is CC(=O)Nc1ccc(C2=N/C(=C\c3ccccc3OC(F)(F)F)C(=O)O2)cc1. The highest BCUT2D eigenvalue weighted by Crippen LogP contribution is 2.29. The Morgan fingerprint density at radius 2 is 1.82 bits per heavy atom. The number of esters is 1. The summed E-state index contributed by atoms with van der Waals surface area (Å²) < 4.78 is 46.6. The van der Waals surface area contributed by atoms with E-state index in [0.717, 1.165) is 12.1 Å². The van der Waals surface area contributed by atoms with Gasteiger partial charge in [0.15, 0.2) is 5.70 Å². The van der Waals surface area contributed by atoms with Crippen LogP contribution < -0.4 is 10.1 Å². The zero-order valence-electron chi connectivity index (χ0n) is 14.4. The molecule has 1 heterocycles. The van der Waals surface area contributed by atoms with E-state index in [2.05, 4.69) is 15.0 Å². The molecule has 1 aliphatic rings. The Labute approximate surface area is 157 Å². The van der Waals surface area contributed by atoms with Crippen LogP contribution in [0.5, 0.6) is 5.75 Å². The average molecular weight is 390 g/mol. The number of halogens is 3. The number of hydrogen-bond donors (Lipinski definition) is 1. The second-order valence-electron chi connectivity index (χ2n) is 5.68. The van der Waals surface area contributed by atoms with Crippen molar-refractivity contribution in [3.63, 3.8) is 0 Å². The molecule has 0 saturated heterocycles. The van der Waals surface area contributed by atoms with E-state index < -0.39 is 18.1 Å². The van der Waals surface area contributed by atoms with E-state index in [1.807, 2.05) is 0 Å². The number of hydrogen-bond acceptors (Lipinski definition) is 5. The van der Waals surface area contributed by atoms with Crippen LogP contribution in [0.15, 0.2) is 59.2 Å². The molecule has 6 nitrogen and oxygen atoms in total. The van der Waals surface area contributed by atoms with Crippen molar-refractivity contribution < 1.29 is 32.2 Å². The maximum Gasteiger partial charge on any atom is 0.573 e. The summed E-state index contributed by atoms with van der Waals surface area (Å²) in [5.41, 5.74) is 0.873. The number of alkyl halides is 3. The van der Waals surface area contributed by atoms with Crippen LogP contribution in [-0.4, -0.2) is 24.1 Å². The summed E-state index contributed by atoms with van der Waals surface area (Å²) in [6.07, 6.45) is -3.71. The molecule has 1 amide bonds. The van der Waals surface area contributed by atoms with Crippen LogP contribution in [0, 0.1) is 0 Å². The van der Waals surface area contributed by atoms with Crippen molar-refractivity contribution in [1.82, 2.24) is 0 Å². The van der Waals surface area contributed by atoms with Crippen molar-refractivity contribution in [2.45, 2.75) is 13.3 Å². The molecule has 0 spiro atoms. The fourth-order valence-electron chi connectivity index (χ4n) is 2.40. The van der Waals surface area contributed by atoms with Crippen molar-refractivity contribution in [2.24, 2.45) is 4.99 Å². The molecule has 0 bridgehead atoms. The molecule has 28 heavy (non-hydrogen) atoms. The largest absolute Gasteiger partial charge is 0.573 e. The Kier molecular flexibility index (Phi) is 5.16. The number of para-hydroxylation sites is 1. The molecule has 0 radical (unpaired) electrons. The Balaban J connectivity index is 1.87. The first-order chi connectivity index (χ1) is 13.2. The lowest BCUT2D eigenvalue weighted by Gasteiger charge is -2.10. The lowest BCUT2D eigenvalue weighted by atomic mass is 10.1. The summed E-state index contributed by atoms with van der Waals surface area (Å²) >= 11 is 0. The van der Waals surface area contributed by atoms with E-state index in [1.54, 1.807) is 24.3 Å². The highest BCUT2D eigenvalue weighted by atomic mass is 19.4. The number of carbonyl (C=O) groups excluding carboxylic acids is 2. The highest BCUT2D eigenvalue weighted by Gasteiger charge is 2.32. The van der Waals surface area contributed by atoms with Gasteiger partial charge in [0, 0.05) is 23.7 Å². The van der Waals surface area contributed by atoms with Crippen molar-refractivity contribution in [1.29, 1.82) is 0 Å². The first-order valence-electron chi connectivity index (χ1n) is 7.96. The second-order valence-corrected chi connectivity index (χ2v) is 5.68. The third kappa shape index (κ3) is 4.76. The first kappa shape index (κ1) is 19.2. The summed E-state index contributed by atoms with van der Waals surface area (Å²) in [6.45, 7) is 1.37. The van der Waals surface area contributed by atoms with Gasteiger partial charge in [0.1, 0.15) is 5.75 Å². The fourth-order valence-corrected chi connectivity index (χ4v) is 2.40. The molecular formula is C19H13F3N2O4. The molecule has 2 aromatic rings. The van der Waals surface area contributed by atoms with E-state index in [9.17, 15) is 22.8 Å². The minimum Gasteiger partial charge on any atom is -0.405 e. The third-order valence-corrected chi connectivity index (χ3v) is 3.51. The Bertz CT molecular complexity index is 979. The minimum absolute atomic E-state index is 0.000143. The smallest absolute Gasteiger partial charge is 0.405 e. The van der Waals surface area contributed by atoms with E-state index in [1.165, 1.54) is 25.1 Å². The molecular weight excluding hydrogens is 377 g/mol. The number of anilines is 1. The van der Waals surface area contributed by atoms with Crippen LogP contribution in [0.3, 0.4) is 0 Å². The van der Waals surface area contributed by atoms with Gasteiger partial charge in [-0.3, -0.25) is 4.79 Å². The molecule has 3 rings (SSSR count). The lowest BCUT2D eigenvalue weighted by Crippen LogP contribution is -2.17. The molecule has 0 atom stereocenters. The second kappa shape index (κ2) is 7.55. The number of rotatable bonds is 4. The van der Waals surface area contributed by atoms with Gasteiger partial charge in [0.25, 0.3) is 0 Å². The summed E-state index contributed by atoms with van der Waals surface area (Å²) in [6, 6.07) is 11.7.